The van der Waals surface area contributed by atoms with Crippen molar-refractivity contribution in [2.45, 2.75) is 62.8 Å². The predicted molar refractivity (Wildman–Crippen MR) is 109 cm³/mol. The highest BCUT2D eigenvalue weighted by atomic mass is 16.7. The number of rotatable bonds is 7. The summed E-state index contributed by atoms with van der Waals surface area (Å²) in [4.78, 5) is 24.0. The van der Waals surface area contributed by atoms with Crippen LogP contribution in [-0.4, -0.2) is 66.9 Å². The molecule has 7 atom stereocenters. The minimum absolute atomic E-state index is 0.00967. The normalized spacial score (nSPS) is 33.6. The third-order valence-electron chi connectivity index (χ3n) is 5.31. The number of ether oxygens (including phenoxy) is 5. The Morgan fingerprint density at radius 1 is 1.39 bits per heavy atom. The first-order valence-corrected chi connectivity index (χ1v) is 10.1. The van der Waals surface area contributed by atoms with E-state index in [1.54, 1.807) is 0 Å². The molecule has 0 aromatic heterocycles. The van der Waals surface area contributed by atoms with Crippen LogP contribution in [0.5, 0.6) is 0 Å². The zero-order chi connectivity index (χ0) is 22.6. The van der Waals surface area contributed by atoms with Gasteiger partial charge in [-0.15, -0.1) is 6.58 Å². The average Bonchev–Trinajstić information content (AvgIpc) is 2.75. The van der Waals surface area contributed by atoms with E-state index in [-0.39, 0.29) is 13.0 Å². The molecule has 1 aromatic rings. The highest BCUT2D eigenvalue weighted by molar-refractivity contribution is 5.74. The van der Waals surface area contributed by atoms with Crippen LogP contribution in [0.15, 0.2) is 43.0 Å². The van der Waals surface area contributed by atoms with Gasteiger partial charge in [-0.3, -0.25) is 4.79 Å². The minimum Gasteiger partial charge on any atom is -0.467 e. The topological polar surface area (TPSA) is 113 Å². The summed E-state index contributed by atoms with van der Waals surface area (Å²) < 4.78 is 28.7. The van der Waals surface area contributed by atoms with Gasteiger partial charge in [0.15, 0.2) is 18.2 Å². The summed E-state index contributed by atoms with van der Waals surface area (Å²) in [5, 5.41) is 14.0. The third-order valence-corrected chi connectivity index (χ3v) is 5.31. The molecule has 2 aliphatic rings. The fraction of sp³-hybridized carbons (Fsp3) is 0.545. The number of carbonyl (C=O) groups is 2. The lowest BCUT2D eigenvalue weighted by Crippen LogP contribution is -2.72. The van der Waals surface area contributed by atoms with Crippen molar-refractivity contribution < 1.29 is 38.4 Å². The fourth-order valence-electron chi connectivity index (χ4n) is 3.91. The molecule has 2 fully saturated rings. The first-order chi connectivity index (χ1) is 14.8. The van der Waals surface area contributed by atoms with Crippen molar-refractivity contribution in [1.82, 2.24) is 5.32 Å². The molecule has 1 unspecified atom stereocenters. The molecule has 9 nitrogen and oxygen atoms in total. The number of aliphatic hydroxyl groups is 1. The van der Waals surface area contributed by atoms with Crippen LogP contribution in [0.25, 0.3) is 0 Å². The molecule has 1 aromatic carbocycles. The summed E-state index contributed by atoms with van der Waals surface area (Å²) in [5.74, 6) is -2.83. The van der Waals surface area contributed by atoms with Gasteiger partial charge in [0.25, 0.3) is 0 Å². The number of fused-ring (bicyclic) bond motifs is 1. The van der Waals surface area contributed by atoms with Gasteiger partial charge in [-0.05, 0) is 6.92 Å². The van der Waals surface area contributed by atoms with Crippen molar-refractivity contribution in [3.05, 3.63) is 48.6 Å². The molecular formula is C22H29NO8. The summed E-state index contributed by atoms with van der Waals surface area (Å²) in [6.07, 6.45) is -2.56. The Labute approximate surface area is 181 Å². The van der Waals surface area contributed by atoms with Crippen LogP contribution in [0.4, 0.5) is 0 Å². The zero-order valence-corrected chi connectivity index (χ0v) is 17.9. The van der Waals surface area contributed by atoms with Gasteiger partial charge in [-0.25, -0.2) is 4.79 Å². The van der Waals surface area contributed by atoms with Gasteiger partial charge in [-0.2, -0.15) is 0 Å². The predicted octanol–water partition coefficient (Wildman–Crippen LogP) is 1.22. The summed E-state index contributed by atoms with van der Waals surface area (Å²) in [6, 6.07) is 8.29. The lowest BCUT2D eigenvalue weighted by atomic mass is 9.87. The van der Waals surface area contributed by atoms with Gasteiger partial charge in [-0.1, -0.05) is 36.4 Å². The van der Waals surface area contributed by atoms with E-state index in [9.17, 15) is 14.7 Å². The molecule has 2 aliphatic heterocycles. The van der Waals surface area contributed by atoms with Gasteiger partial charge in [0.05, 0.1) is 13.7 Å². The van der Waals surface area contributed by atoms with E-state index in [0.29, 0.717) is 0 Å². The van der Waals surface area contributed by atoms with E-state index in [0.717, 1.165) is 5.56 Å². The van der Waals surface area contributed by atoms with Gasteiger partial charge in [0.1, 0.15) is 24.4 Å². The van der Waals surface area contributed by atoms with Gasteiger partial charge < -0.3 is 34.1 Å². The van der Waals surface area contributed by atoms with Gasteiger partial charge in [0.2, 0.25) is 5.91 Å². The van der Waals surface area contributed by atoms with E-state index < -0.39 is 54.4 Å². The standard InChI is InChI=1S/C22H29NO8/c1-5-11-22(26)19(23-14(3)24)18(29-13(2)20(25)27-4)17-16(31-22)12-28-21(30-17)15-9-7-6-8-10-15/h5-10,13,16-19,21,26H,1,11-12H2,2-4H3,(H,23,24)/t13-,16-,17-,18+,19-,21?,22+/m1/s1. The lowest BCUT2D eigenvalue weighted by Gasteiger charge is -2.53. The van der Waals surface area contributed by atoms with E-state index >= 15 is 0 Å². The van der Waals surface area contributed by atoms with Crippen molar-refractivity contribution in [1.29, 1.82) is 0 Å². The van der Waals surface area contributed by atoms with Crippen molar-refractivity contribution in [3.8, 4) is 0 Å². The molecule has 0 bridgehead atoms. The quantitative estimate of drug-likeness (QED) is 0.486. The largest absolute Gasteiger partial charge is 0.467 e. The zero-order valence-electron chi connectivity index (χ0n) is 17.9. The monoisotopic (exact) mass is 435 g/mol. The Hall–Kier alpha value is -2.30. The van der Waals surface area contributed by atoms with E-state index in [1.165, 1.54) is 27.0 Å². The second kappa shape index (κ2) is 9.88. The first kappa shape index (κ1) is 23.4. The molecule has 31 heavy (non-hydrogen) atoms. The second-order valence-corrected chi connectivity index (χ2v) is 7.61. The molecule has 2 heterocycles. The van der Waals surface area contributed by atoms with Crippen molar-refractivity contribution >= 4 is 11.9 Å². The van der Waals surface area contributed by atoms with Crippen LogP contribution in [0.3, 0.4) is 0 Å². The Balaban J connectivity index is 1.95. The number of carbonyl (C=O) groups excluding carboxylic acids is 2. The first-order valence-electron chi connectivity index (χ1n) is 10.1. The van der Waals surface area contributed by atoms with Crippen LogP contribution in [0.1, 0.15) is 32.1 Å². The Morgan fingerprint density at radius 3 is 2.71 bits per heavy atom. The third kappa shape index (κ3) is 5.13. The van der Waals surface area contributed by atoms with Crippen LogP contribution < -0.4 is 5.32 Å². The van der Waals surface area contributed by atoms with Crippen molar-refractivity contribution in [3.63, 3.8) is 0 Å². The van der Waals surface area contributed by atoms with Crippen molar-refractivity contribution in [2.24, 2.45) is 0 Å². The molecule has 2 saturated heterocycles. The Bertz CT molecular complexity index is 787. The molecule has 170 valence electrons. The highest BCUT2D eigenvalue weighted by Gasteiger charge is 2.57. The van der Waals surface area contributed by atoms with E-state index in [2.05, 4.69) is 11.9 Å². The van der Waals surface area contributed by atoms with Crippen LogP contribution in [-0.2, 0) is 33.3 Å². The molecule has 9 heteroatoms. The smallest absolute Gasteiger partial charge is 0.334 e. The highest BCUT2D eigenvalue weighted by Crippen LogP contribution is 2.40. The number of hydrogen-bond donors (Lipinski definition) is 2. The number of methoxy groups -OCH3 is 1. The van der Waals surface area contributed by atoms with Gasteiger partial charge in [0, 0.05) is 18.9 Å². The second-order valence-electron chi connectivity index (χ2n) is 7.61. The molecule has 0 aliphatic carbocycles. The fourth-order valence-corrected chi connectivity index (χ4v) is 3.91. The maximum absolute atomic E-state index is 12.0. The molecule has 0 spiro atoms. The maximum Gasteiger partial charge on any atom is 0.334 e. The number of amides is 1. The van der Waals surface area contributed by atoms with Crippen molar-refractivity contribution in [2.75, 3.05) is 13.7 Å². The molecule has 0 saturated carbocycles. The summed E-state index contributed by atoms with van der Waals surface area (Å²) in [7, 11) is 1.25. The SMILES string of the molecule is C=CC[C@]1(O)O[C@@H]2COC(c3ccccc3)O[C@H]2[C@H](O[C@H](C)C(=O)OC)[C@H]1NC(C)=O. The Morgan fingerprint density at radius 2 is 2.10 bits per heavy atom. The van der Waals surface area contributed by atoms with Crippen LogP contribution in [0.2, 0.25) is 0 Å². The van der Waals surface area contributed by atoms with Gasteiger partial charge >= 0.3 is 5.97 Å². The molecular weight excluding hydrogens is 406 g/mol. The number of benzene rings is 1. The summed E-state index contributed by atoms with van der Waals surface area (Å²) in [5.41, 5.74) is 0.795. The lowest BCUT2D eigenvalue weighted by molar-refractivity contribution is -0.377. The number of hydrogen-bond acceptors (Lipinski definition) is 8. The minimum atomic E-state index is -1.83. The Kier molecular flexibility index (Phi) is 7.45. The summed E-state index contributed by atoms with van der Waals surface area (Å²) >= 11 is 0. The van der Waals surface area contributed by atoms with E-state index in [4.69, 9.17) is 23.7 Å². The average molecular weight is 435 g/mol. The van der Waals surface area contributed by atoms with Crippen LogP contribution in [0, 0.1) is 0 Å². The van der Waals surface area contributed by atoms with Crippen LogP contribution >= 0.6 is 0 Å². The van der Waals surface area contributed by atoms with E-state index in [1.807, 2.05) is 30.3 Å². The number of nitrogens with one attached hydrogen (secondary N) is 1. The summed E-state index contributed by atoms with van der Waals surface area (Å²) in [6.45, 7) is 6.63. The molecule has 2 N–H and O–H groups in total. The molecule has 3 rings (SSSR count). The molecule has 1 amide bonds. The molecule has 0 radical (unpaired) electrons. The maximum atomic E-state index is 12.0. The number of esters is 1.